The Labute approximate surface area is 97.5 Å². The second-order valence-corrected chi connectivity index (χ2v) is 3.20. The Morgan fingerprint density at radius 3 is 1.87 bits per heavy atom. The SMILES string of the molecule is CCCC[N+](C)(OCCO)OCCO.[Cl-]. The molecule has 0 atom stereocenters. The molecule has 0 saturated carbocycles. The van der Waals surface area contributed by atoms with Crippen LogP contribution in [0.5, 0.6) is 0 Å². The molecule has 0 rings (SSSR count). The van der Waals surface area contributed by atoms with E-state index in [1.165, 1.54) is 0 Å². The number of rotatable bonds is 9. The highest BCUT2D eigenvalue weighted by Gasteiger charge is 2.24. The number of aliphatic hydroxyl groups is 2. The van der Waals surface area contributed by atoms with Gasteiger partial charge in [0.05, 0.1) is 13.2 Å². The fourth-order valence-corrected chi connectivity index (χ4v) is 1.08. The maximum absolute atomic E-state index is 8.64. The van der Waals surface area contributed by atoms with Crippen LogP contribution in [0.3, 0.4) is 0 Å². The van der Waals surface area contributed by atoms with E-state index >= 15 is 0 Å². The van der Waals surface area contributed by atoms with E-state index in [2.05, 4.69) is 6.92 Å². The molecule has 0 aromatic carbocycles. The highest BCUT2D eigenvalue weighted by atomic mass is 35.5. The summed E-state index contributed by atoms with van der Waals surface area (Å²) in [6.45, 7) is 3.24. The van der Waals surface area contributed by atoms with Gasteiger partial charge in [-0.2, -0.15) is 9.68 Å². The van der Waals surface area contributed by atoms with Crippen molar-refractivity contribution >= 4 is 0 Å². The minimum atomic E-state index is -0.0253. The van der Waals surface area contributed by atoms with Crippen molar-refractivity contribution in [3.05, 3.63) is 0 Å². The summed E-state index contributed by atoms with van der Waals surface area (Å²) in [5.74, 6) is 0. The standard InChI is InChI=1S/C9H22NO4.ClH/c1-3-4-5-10(2,13-8-6-11)14-9-7-12;/h11-12H,3-9H2,1-2H3;1H/q+1;/p-1. The fourth-order valence-electron chi connectivity index (χ4n) is 1.08. The number of unbranched alkanes of at least 4 members (excludes halogenated alkanes) is 1. The normalized spacial score (nSPS) is 11.2. The molecule has 0 radical (unpaired) electrons. The van der Waals surface area contributed by atoms with E-state index in [4.69, 9.17) is 19.9 Å². The molecule has 94 valence electrons. The monoisotopic (exact) mass is 243 g/mol. The maximum Gasteiger partial charge on any atom is 0.142 e. The van der Waals surface area contributed by atoms with Crippen molar-refractivity contribution in [3.8, 4) is 0 Å². The maximum atomic E-state index is 8.64. The molecule has 0 aromatic rings. The van der Waals surface area contributed by atoms with Gasteiger partial charge in [0.25, 0.3) is 0 Å². The van der Waals surface area contributed by atoms with E-state index < -0.39 is 0 Å². The van der Waals surface area contributed by atoms with Crippen LogP contribution in [-0.2, 0) is 9.68 Å². The third kappa shape index (κ3) is 9.04. The Balaban J connectivity index is 0. The molecule has 15 heavy (non-hydrogen) atoms. The van der Waals surface area contributed by atoms with Gasteiger partial charge in [-0.15, -0.1) is 0 Å². The van der Waals surface area contributed by atoms with Crippen LogP contribution in [0.15, 0.2) is 0 Å². The van der Waals surface area contributed by atoms with Crippen LogP contribution in [0.25, 0.3) is 0 Å². The highest BCUT2D eigenvalue weighted by Crippen LogP contribution is 2.08. The topological polar surface area (TPSA) is 58.9 Å². The van der Waals surface area contributed by atoms with Crippen LogP contribution >= 0.6 is 0 Å². The van der Waals surface area contributed by atoms with Gasteiger partial charge in [-0.05, 0) is 4.81 Å². The summed E-state index contributed by atoms with van der Waals surface area (Å²) in [5, 5.41) is 17.3. The van der Waals surface area contributed by atoms with Gasteiger partial charge in [-0.1, -0.05) is 13.3 Å². The molecule has 0 aliphatic rings. The summed E-state index contributed by atoms with van der Waals surface area (Å²) in [6, 6.07) is 0. The van der Waals surface area contributed by atoms with Crippen LogP contribution in [0.2, 0.25) is 0 Å². The van der Waals surface area contributed by atoms with Gasteiger partial charge >= 0.3 is 0 Å². The first-order valence-electron chi connectivity index (χ1n) is 5.05. The number of hydroxylamine groups is 4. The predicted octanol–water partition coefficient (Wildman–Crippen LogP) is -2.92. The molecular weight excluding hydrogens is 222 g/mol. The van der Waals surface area contributed by atoms with Crippen molar-refractivity contribution in [1.29, 1.82) is 0 Å². The zero-order chi connectivity index (χ0) is 10.9. The van der Waals surface area contributed by atoms with Gasteiger partial charge in [0.2, 0.25) is 0 Å². The lowest BCUT2D eigenvalue weighted by Gasteiger charge is -2.28. The second-order valence-electron chi connectivity index (χ2n) is 3.20. The van der Waals surface area contributed by atoms with Gasteiger partial charge in [0.1, 0.15) is 26.8 Å². The van der Waals surface area contributed by atoms with Gasteiger partial charge in [-0.3, -0.25) is 0 Å². The Morgan fingerprint density at radius 1 is 1.07 bits per heavy atom. The van der Waals surface area contributed by atoms with E-state index in [0.29, 0.717) is 0 Å². The first-order chi connectivity index (χ1) is 6.68. The summed E-state index contributed by atoms with van der Waals surface area (Å²) >= 11 is 0. The molecule has 0 spiro atoms. The van der Waals surface area contributed by atoms with Gasteiger partial charge in [0.15, 0.2) is 0 Å². The average Bonchev–Trinajstić information content (AvgIpc) is 2.21. The second kappa shape index (κ2) is 10.6. The Kier molecular flexibility index (Phi) is 12.4. The van der Waals surface area contributed by atoms with Crippen molar-refractivity contribution in [1.82, 2.24) is 0 Å². The van der Waals surface area contributed by atoms with Crippen LogP contribution in [0, 0.1) is 0 Å². The lowest BCUT2D eigenvalue weighted by Crippen LogP contribution is -3.00. The molecule has 0 aliphatic heterocycles. The smallest absolute Gasteiger partial charge is 0.142 e. The Hall–Kier alpha value is 0.0900. The van der Waals surface area contributed by atoms with Gasteiger partial charge in [-0.25, -0.2) is 0 Å². The summed E-state index contributed by atoms with van der Waals surface area (Å²) in [6.07, 6.45) is 2.03. The van der Waals surface area contributed by atoms with Crippen LogP contribution < -0.4 is 12.4 Å². The highest BCUT2D eigenvalue weighted by molar-refractivity contribution is 4.28. The minimum Gasteiger partial charge on any atom is -1.00 e. The zero-order valence-electron chi connectivity index (χ0n) is 9.49. The summed E-state index contributed by atoms with van der Waals surface area (Å²) in [4.78, 5) is 10.7. The Bertz CT molecular complexity index is 116. The minimum absolute atomic E-state index is 0. The lowest BCUT2D eigenvalue weighted by molar-refractivity contribution is -1.23. The first kappa shape index (κ1) is 17.5. The van der Waals surface area contributed by atoms with Crippen LogP contribution in [0.1, 0.15) is 19.8 Å². The molecule has 0 bridgehead atoms. The molecular formula is C9H22ClNO4. The van der Waals surface area contributed by atoms with E-state index in [9.17, 15) is 0 Å². The quantitative estimate of drug-likeness (QED) is 0.337. The molecule has 0 heterocycles. The molecule has 0 aromatic heterocycles. The summed E-state index contributed by atoms with van der Waals surface area (Å²) < 4.78 is 0. The fraction of sp³-hybridized carbons (Fsp3) is 1.00. The molecule has 0 amide bonds. The van der Waals surface area contributed by atoms with Crippen molar-refractivity contribution in [2.45, 2.75) is 19.8 Å². The van der Waals surface area contributed by atoms with E-state index in [1.54, 1.807) is 7.05 Å². The number of halogens is 1. The van der Waals surface area contributed by atoms with Gasteiger partial charge in [0, 0.05) is 6.42 Å². The van der Waals surface area contributed by atoms with E-state index in [0.717, 1.165) is 19.4 Å². The van der Waals surface area contributed by atoms with Crippen molar-refractivity contribution in [2.24, 2.45) is 0 Å². The average molecular weight is 244 g/mol. The number of quaternary nitrogens is 1. The largest absolute Gasteiger partial charge is 1.00 e. The van der Waals surface area contributed by atoms with E-state index in [1.807, 2.05) is 0 Å². The molecule has 0 saturated heterocycles. The number of nitrogens with zero attached hydrogens (tertiary/aromatic N) is 1. The molecule has 0 aliphatic carbocycles. The number of hydrogen-bond acceptors (Lipinski definition) is 4. The van der Waals surface area contributed by atoms with Crippen molar-refractivity contribution < 1.29 is 37.1 Å². The van der Waals surface area contributed by atoms with Gasteiger partial charge < -0.3 is 22.6 Å². The van der Waals surface area contributed by atoms with Crippen LogP contribution in [-0.4, -0.2) is 55.0 Å². The molecule has 2 N–H and O–H groups in total. The number of hydrogen-bond donors (Lipinski definition) is 2. The third-order valence-electron chi connectivity index (χ3n) is 1.83. The summed E-state index contributed by atoms with van der Waals surface area (Å²) in [7, 11) is 1.78. The number of aliphatic hydroxyl groups excluding tert-OH is 2. The van der Waals surface area contributed by atoms with Crippen molar-refractivity contribution in [3.63, 3.8) is 0 Å². The third-order valence-corrected chi connectivity index (χ3v) is 1.83. The lowest BCUT2D eigenvalue weighted by atomic mass is 10.3. The molecule has 6 heteroatoms. The van der Waals surface area contributed by atoms with E-state index in [-0.39, 0.29) is 43.6 Å². The molecule has 5 nitrogen and oxygen atoms in total. The zero-order valence-corrected chi connectivity index (χ0v) is 10.2. The van der Waals surface area contributed by atoms with Crippen LogP contribution in [0.4, 0.5) is 0 Å². The molecule has 0 fully saturated rings. The van der Waals surface area contributed by atoms with Crippen molar-refractivity contribution in [2.75, 3.05) is 40.0 Å². The first-order valence-corrected chi connectivity index (χ1v) is 5.05. The molecule has 0 unspecified atom stereocenters. The summed E-state index contributed by atoms with van der Waals surface area (Å²) in [5.41, 5.74) is 0. The Morgan fingerprint density at radius 2 is 1.53 bits per heavy atom. The predicted molar refractivity (Wildman–Crippen MR) is 52.0 cm³/mol.